The molecule has 0 aliphatic carbocycles. The van der Waals surface area contributed by atoms with E-state index in [1.807, 2.05) is 24.3 Å². The van der Waals surface area contributed by atoms with Gasteiger partial charge in [0.2, 0.25) is 5.91 Å². The van der Waals surface area contributed by atoms with Crippen molar-refractivity contribution in [3.8, 4) is 5.75 Å². The van der Waals surface area contributed by atoms with E-state index in [-0.39, 0.29) is 18.6 Å². The molecule has 1 aromatic heterocycles. The molecule has 176 valence electrons. The van der Waals surface area contributed by atoms with Crippen molar-refractivity contribution in [1.29, 1.82) is 0 Å². The number of aliphatic hydroxyl groups is 1. The lowest BCUT2D eigenvalue weighted by molar-refractivity contribution is 0.0924. The van der Waals surface area contributed by atoms with Crippen molar-refractivity contribution >= 4 is 17.6 Å². The number of amides is 2. The fraction of sp³-hybridized carbons (Fsp3) is 0.480. The molecule has 33 heavy (non-hydrogen) atoms. The number of rotatable bonds is 9. The molecule has 2 bridgehead atoms. The third kappa shape index (κ3) is 4.95. The Bertz CT molecular complexity index is 980. The number of pyridine rings is 1. The van der Waals surface area contributed by atoms with Crippen LogP contribution < -0.4 is 20.7 Å². The molecule has 0 radical (unpaired) electrons. The van der Waals surface area contributed by atoms with E-state index in [0.717, 1.165) is 43.5 Å². The maximum absolute atomic E-state index is 13.2. The number of fused-ring (bicyclic) bond motifs is 2. The van der Waals surface area contributed by atoms with Crippen LogP contribution in [-0.4, -0.2) is 53.7 Å². The van der Waals surface area contributed by atoms with Crippen molar-refractivity contribution in [3.05, 3.63) is 53.2 Å². The van der Waals surface area contributed by atoms with E-state index in [1.165, 1.54) is 6.20 Å². The van der Waals surface area contributed by atoms with Gasteiger partial charge in [0.1, 0.15) is 11.6 Å². The number of piperidine rings is 1. The number of nitrogens with zero attached hydrogens (tertiary/aromatic N) is 2. The number of benzene rings is 1. The molecule has 0 unspecified atom stereocenters. The third-order valence-electron chi connectivity index (χ3n) is 6.80. The number of nitrogens with two attached hydrogens (primary N) is 1. The number of aromatic nitrogens is 1. The van der Waals surface area contributed by atoms with Gasteiger partial charge in [-0.2, -0.15) is 0 Å². The van der Waals surface area contributed by atoms with E-state index < -0.39 is 5.91 Å². The average molecular weight is 453 g/mol. The van der Waals surface area contributed by atoms with Gasteiger partial charge >= 0.3 is 0 Å². The Morgan fingerprint density at radius 2 is 1.94 bits per heavy atom. The number of anilines is 1. The van der Waals surface area contributed by atoms with Crippen LogP contribution in [0.15, 0.2) is 36.5 Å². The summed E-state index contributed by atoms with van der Waals surface area (Å²) in [6.07, 6.45) is 7.52. The summed E-state index contributed by atoms with van der Waals surface area (Å²) >= 11 is 0. The van der Waals surface area contributed by atoms with Crippen LogP contribution in [0, 0.1) is 0 Å². The second kappa shape index (κ2) is 10.2. The van der Waals surface area contributed by atoms with Crippen molar-refractivity contribution in [1.82, 2.24) is 10.3 Å². The zero-order valence-electron chi connectivity index (χ0n) is 19.0. The summed E-state index contributed by atoms with van der Waals surface area (Å²) in [6.45, 7) is 0.137. The number of carbonyl (C=O) groups is 2. The van der Waals surface area contributed by atoms with Crippen molar-refractivity contribution in [3.63, 3.8) is 0 Å². The number of carbonyl (C=O) groups excluding carboxylic acids is 2. The summed E-state index contributed by atoms with van der Waals surface area (Å²) in [5.74, 6) is 1.01. The van der Waals surface area contributed by atoms with E-state index in [0.29, 0.717) is 41.8 Å². The van der Waals surface area contributed by atoms with Gasteiger partial charge in [-0.1, -0.05) is 6.07 Å². The zero-order chi connectivity index (χ0) is 23.4. The molecule has 0 spiro atoms. The van der Waals surface area contributed by atoms with Crippen molar-refractivity contribution in [2.24, 2.45) is 5.73 Å². The van der Waals surface area contributed by atoms with Crippen LogP contribution in [0.2, 0.25) is 0 Å². The van der Waals surface area contributed by atoms with Crippen LogP contribution in [0.5, 0.6) is 5.75 Å². The SMILES string of the molecule is COc1cccc(C(=O)N[C@H]2C[C@H]3CC[C@@H](C2)N3c2ccc(C(N)=O)cn2)c1CCCCO. The van der Waals surface area contributed by atoms with Crippen LogP contribution in [0.4, 0.5) is 5.82 Å². The number of unbranched alkanes of at least 4 members (excludes halogenated alkanes) is 1. The largest absolute Gasteiger partial charge is 0.496 e. The average Bonchev–Trinajstić information content (AvgIpc) is 3.09. The number of methoxy groups -OCH3 is 1. The highest BCUT2D eigenvalue weighted by atomic mass is 16.5. The maximum atomic E-state index is 13.2. The highest BCUT2D eigenvalue weighted by molar-refractivity contribution is 5.96. The summed E-state index contributed by atoms with van der Waals surface area (Å²) in [5.41, 5.74) is 7.27. The Kier molecular flexibility index (Phi) is 7.13. The molecule has 8 nitrogen and oxygen atoms in total. The van der Waals surface area contributed by atoms with Gasteiger partial charge < -0.3 is 25.8 Å². The standard InChI is InChI=1S/C25H32N4O4/c1-33-22-7-4-6-21(20(22)5-2-3-12-30)25(32)28-17-13-18-9-10-19(14-17)29(18)23-11-8-16(15-27-23)24(26)31/h4,6-8,11,15,17-19,30H,2-3,5,9-10,12-14H2,1H3,(H2,26,31)(H,28,32)/t17-,18+,19-. The molecule has 2 aliphatic heterocycles. The second-order valence-electron chi connectivity index (χ2n) is 8.87. The molecule has 3 heterocycles. The lowest BCUT2D eigenvalue weighted by atomic mass is 9.95. The fourth-order valence-corrected chi connectivity index (χ4v) is 5.26. The van der Waals surface area contributed by atoms with Crippen molar-refractivity contribution < 1.29 is 19.4 Å². The van der Waals surface area contributed by atoms with E-state index in [9.17, 15) is 9.59 Å². The topological polar surface area (TPSA) is 118 Å². The van der Waals surface area contributed by atoms with Crippen LogP contribution in [0.1, 0.15) is 64.8 Å². The molecule has 2 amide bonds. The molecule has 0 saturated carbocycles. The molecular formula is C25H32N4O4. The lowest BCUT2D eigenvalue weighted by Gasteiger charge is -2.40. The van der Waals surface area contributed by atoms with E-state index in [1.54, 1.807) is 13.2 Å². The predicted molar refractivity (Wildman–Crippen MR) is 126 cm³/mol. The van der Waals surface area contributed by atoms with Gasteiger partial charge in [0.05, 0.1) is 12.7 Å². The molecule has 2 fully saturated rings. The van der Waals surface area contributed by atoms with Crippen LogP contribution >= 0.6 is 0 Å². The Morgan fingerprint density at radius 1 is 1.18 bits per heavy atom. The highest BCUT2D eigenvalue weighted by Crippen LogP contribution is 2.38. The quantitative estimate of drug-likeness (QED) is 0.503. The molecule has 4 rings (SSSR count). The normalized spacial score (nSPS) is 21.6. The molecule has 8 heteroatoms. The monoisotopic (exact) mass is 452 g/mol. The van der Waals surface area contributed by atoms with E-state index in [2.05, 4.69) is 15.2 Å². The van der Waals surface area contributed by atoms with Gasteiger partial charge in [0, 0.05) is 42.1 Å². The van der Waals surface area contributed by atoms with Gasteiger partial charge in [-0.3, -0.25) is 9.59 Å². The Morgan fingerprint density at radius 3 is 2.55 bits per heavy atom. The first-order chi connectivity index (χ1) is 16.0. The van der Waals surface area contributed by atoms with Gasteiger partial charge in [0.15, 0.2) is 0 Å². The summed E-state index contributed by atoms with van der Waals surface area (Å²) < 4.78 is 5.50. The summed E-state index contributed by atoms with van der Waals surface area (Å²) in [5, 5.41) is 12.4. The van der Waals surface area contributed by atoms with Gasteiger partial charge in [0.25, 0.3) is 5.91 Å². The number of aliphatic hydroxyl groups excluding tert-OH is 1. The van der Waals surface area contributed by atoms with Crippen LogP contribution in [-0.2, 0) is 6.42 Å². The van der Waals surface area contributed by atoms with E-state index in [4.69, 9.17) is 15.6 Å². The first-order valence-corrected chi connectivity index (χ1v) is 11.6. The molecule has 2 aromatic rings. The molecule has 1 aromatic carbocycles. The number of ether oxygens (including phenoxy) is 1. The second-order valence-corrected chi connectivity index (χ2v) is 8.87. The number of hydrogen-bond acceptors (Lipinski definition) is 6. The van der Waals surface area contributed by atoms with Gasteiger partial charge in [-0.25, -0.2) is 4.98 Å². The van der Waals surface area contributed by atoms with Crippen molar-refractivity contribution in [2.45, 2.75) is 63.1 Å². The third-order valence-corrected chi connectivity index (χ3v) is 6.80. The highest BCUT2D eigenvalue weighted by Gasteiger charge is 2.42. The van der Waals surface area contributed by atoms with Gasteiger partial charge in [-0.05, 0) is 69.2 Å². The molecule has 2 saturated heterocycles. The molecular weight excluding hydrogens is 420 g/mol. The van der Waals surface area contributed by atoms with Gasteiger partial charge in [-0.15, -0.1) is 0 Å². The molecule has 4 N–H and O–H groups in total. The summed E-state index contributed by atoms with van der Waals surface area (Å²) in [6, 6.07) is 9.84. The first-order valence-electron chi connectivity index (χ1n) is 11.6. The van der Waals surface area contributed by atoms with Crippen LogP contribution in [0.25, 0.3) is 0 Å². The first kappa shape index (κ1) is 23.0. The van der Waals surface area contributed by atoms with Crippen LogP contribution in [0.3, 0.4) is 0 Å². The fourth-order valence-electron chi connectivity index (χ4n) is 5.26. The Labute approximate surface area is 194 Å². The zero-order valence-corrected chi connectivity index (χ0v) is 19.0. The summed E-state index contributed by atoms with van der Waals surface area (Å²) in [4.78, 5) is 31.4. The van der Waals surface area contributed by atoms with E-state index >= 15 is 0 Å². The Hall–Kier alpha value is -3.13. The Balaban J connectivity index is 1.44. The summed E-state index contributed by atoms with van der Waals surface area (Å²) in [7, 11) is 1.62. The minimum Gasteiger partial charge on any atom is -0.496 e. The number of hydrogen-bond donors (Lipinski definition) is 3. The molecule has 2 aliphatic rings. The predicted octanol–water partition coefficient (Wildman–Crippen LogP) is 2.43. The number of primary amides is 1. The number of nitrogens with one attached hydrogen (secondary N) is 1. The minimum atomic E-state index is -0.480. The van der Waals surface area contributed by atoms with Crippen molar-refractivity contribution in [2.75, 3.05) is 18.6 Å². The lowest BCUT2D eigenvalue weighted by Crippen LogP contribution is -2.51. The molecule has 3 atom stereocenters. The maximum Gasteiger partial charge on any atom is 0.251 e. The smallest absolute Gasteiger partial charge is 0.251 e. The minimum absolute atomic E-state index is 0.0744.